The number of rotatable bonds is 2. The Hall–Kier alpha value is -1.36. The van der Waals surface area contributed by atoms with Crippen LogP contribution >= 0.6 is 0 Å². The molecule has 1 aromatic rings. The lowest BCUT2D eigenvalue weighted by Crippen LogP contribution is -2.38. The first-order chi connectivity index (χ1) is 8.52. The Kier molecular flexibility index (Phi) is 0.698. The average molecular weight is 174 g/mol. The summed E-state index contributed by atoms with van der Waals surface area (Å²) in [5, 5.41) is 6.63. The van der Waals surface area contributed by atoms with Gasteiger partial charge in [-0.05, 0) is 6.04 Å². The lowest BCUT2D eigenvalue weighted by Gasteiger charge is -2.25. The third-order valence-electron chi connectivity index (χ3n) is 1.03. The summed E-state index contributed by atoms with van der Waals surface area (Å²) >= 11 is 0. The summed E-state index contributed by atoms with van der Waals surface area (Å²) in [5.41, 5.74) is 5.25. The molecule has 0 amide bonds. The first-order valence-electron chi connectivity index (χ1n) is 6.50. The van der Waals surface area contributed by atoms with Gasteiger partial charge in [0, 0.05) is 6.04 Å². The number of aromatic nitrogens is 2. The molecule has 0 saturated carbocycles. The first kappa shape index (κ1) is 2.85. The van der Waals surface area contributed by atoms with Gasteiger partial charge in [0.25, 0.3) is 0 Å². The fourth-order valence-corrected chi connectivity index (χ4v) is 0.544. The van der Waals surface area contributed by atoms with E-state index in [4.69, 9.17) is 20.1 Å². The highest BCUT2D eigenvalue weighted by atomic mass is 16.6. The second-order valence-corrected chi connectivity index (χ2v) is 1.88. The van der Waals surface area contributed by atoms with Crippen LogP contribution in [0.15, 0.2) is 12.1 Å². The third kappa shape index (κ3) is 1.45. The zero-order valence-corrected chi connectivity index (χ0v) is 5.79. The quantitative estimate of drug-likeness (QED) is 0.674. The fourth-order valence-electron chi connectivity index (χ4n) is 0.544. The summed E-state index contributed by atoms with van der Waals surface area (Å²) in [7, 11) is 0. The van der Waals surface area contributed by atoms with E-state index < -0.39 is 37.2 Å². The summed E-state index contributed by atoms with van der Waals surface area (Å²) in [6, 6.07) is -1.12. The number of nitrogen functional groups attached to an aromatic ring is 1. The largest absolute Gasteiger partial charge is 0.468 e. The normalized spacial score (nSPS) is 36.5. The molecule has 2 heterocycles. The first-order valence-corrected chi connectivity index (χ1v) is 3.00. The Morgan fingerprint density at radius 2 is 2.58 bits per heavy atom. The van der Waals surface area contributed by atoms with E-state index in [1.54, 1.807) is 0 Å². The van der Waals surface area contributed by atoms with Gasteiger partial charge in [-0.2, -0.15) is 0 Å². The summed E-state index contributed by atoms with van der Waals surface area (Å²) in [5.74, 6) is -0.988. The van der Waals surface area contributed by atoms with Crippen LogP contribution in [0, 0.1) is 0 Å². The van der Waals surface area contributed by atoms with Crippen LogP contribution in [0.5, 0.6) is 5.88 Å². The van der Waals surface area contributed by atoms with Crippen molar-refractivity contribution >= 4 is 5.82 Å². The lowest BCUT2D eigenvalue weighted by molar-refractivity contribution is -0.0816. The Morgan fingerprint density at radius 1 is 1.75 bits per heavy atom. The molecule has 1 saturated heterocycles. The Labute approximate surface area is 79.3 Å². The van der Waals surface area contributed by atoms with Gasteiger partial charge in [-0.15, -0.1) is 10.2 Å². The number of nitrogens with two attached hydrogens (primary N) is 1. The monoisotopic (exact) mass is 174 g/mol. The molecular weight excluding hydrogens is 158 g/mol. The van der Waals surface area contributed by atoms with Crippen molar-refractivity contribution in [2.45, 2.75) is 6.08 Å². The van der Waals surface area contributed by atoms with Crippen LogP contribution in [0.1, 0.15) is 9.60 Å². The van der Waals surface area contributed by atoms with Gasteiger partial charge in [0.2, 0.25) is 5.88 Å². The van der Waals surface area contributed by atoms with Crippen LogP contribution in [-0.4, -0.2) is 29.4 Å². The molecule has 0 atom stereocenters. The smallest absolute Gasteiger partial charge is 0.233 e. The average Bonchev–Trinajstić information content (AvgIpc) is 2.28. The number of anilines is 1. The SMILES string of the molecule is [2H]c1c(N)nnc(OC2([2H])C([2H])([2H])OC2([2H])[2H])c1[2H]. The molecule has 5 heteroatoms. The van der Waals surface area contributed by atoms with Crippen LogP contribution in [0.2, 0.25) is 0 Å². The zero-order valence-electron chi connectivity index (χ0n) is 12.8. The molecule has 1 fully saturated rings. The highest BCUT2D eigenvalue weighted by molar-refractivity contribution is 5.27. The Morgan fingerprint density at radius 3 is 3.33 bits per heavy atom. The van der Waals surface area contributed by atoms with Crippen molar-refractivity contribution in [2.75, 3.05) is 18.9 Å². The molecule has 5 nitrogen and oxygen atoms in total. The highest BCUT2D eigenvalue weighted by Gasteiger charge is 2.20. The number of nitrogens with zero attached hydrogens (tertiary/aromatic N) is 2. The van der Waals surface area contributed by atoms with Crippen molar-refractivity contribution in [3.8, 4) is 5.88 Å². The van der Waals surface area contributed by atoms with Crippen LogP contribution in [0.3, 0.4) is 0 Å². The van der Waals surface area contributed by atoms with Gasteiger partial charge in [0.15, 0.2) is 0 Å². The predicted octanol–water partition coefficient (Wildman–Crippen LogP) is -0.164. The zero-order chi connectivity index (χ0) is 14.6. The van der Waals surface area contributed by atoms with E-state index >= 15 is 0 Å². The molecule has 0 radical (unpaired) electrons. The number of hydrogen-bond donors (Lipinski definition) is 1. The number of hydrogen-bond acceptors (Lipinski definition) is 5. The maximum Gasteiger partial charge on any atom is 0.233 e. The van der Waals surface area contributed by atoms with Gasteiger partial charge < -0.3 is 15.2 Å². The maximum absolute atomic E-state index is 7.68. The third-order valence-corrected chi connectivity index (χ3v) is 1.03. The molecule has 0 spiro atoms. The minimum atomic E-state index is -2.76. The Bertz CT molecular complexity index is 524. The van der Waals surface area contributed by atoms with Crippen LogP contribution in [0.25, 0.3) is 0 Å². The molecule has 2 rings (SSSR count). The van der Waals surface area contributed by atoms with Gasteiger partial charge in [-0.25, -0.2) is 0 Å². The van der Waals surface area contributed by atoms with Crippen molar-refractivity contribution in [1.82, 2.24) is 10.2 Å². The van der Waals surface area contributed by atoms with Gasteiger partial charge >= 0.3 is 0 Å². The molecule has 2 N–H and O–H groups in total. The maximum atomic E-state index is 7.68. The standard InChI is InChI=1S/C7H9N3O2/c8-6-1-2-7(10-9-6)12-5-3-11-4-5/h1-2,5H,3-4H2,(H2,8,9)/i1D,2D,3D2,4D2,5D. The fraction of sp³-hybridized carbons (Fsp3) is 0.429. The molecule has 0 bridgehead atoms. The van der Waals surface area contributed by atoms with Gasteiger partial charge in [0.1, 0.15) is 11.9 Å². The molecule has 1 aliphatic rings. The van der Waals surface area contributed by atoms with Crippen LogP contribution in [-0.2, 0) is 4.74 Å². The molecule has 0 unspecified atom stereocenters. The van der Waals surface area contributed by atoms with E-state index in [9.17, 15) is 0 Å². The molecule has 0 aromatic carbocycles. The summed E-state index contributed by atoms with van der Waals surface area (Å²) in [6.07, 6.45) is -2.76. The Balaban J connectivity index is 2.39. The van der Waals surface area contributed by atoms with Crippen molar-refractivity contribution in [3.63, 3.8) is 0 Å². The molecule has 1 aliphatic heterocycles. The molecule has 64 valence electrons. The van der Waals surface area contributed by atoms with Gasteiger partial charge in [-0.1, -0.05) is 0 Å². The van der Waals surface area contributed by atoms with E-state index in [2.05, 4.69) is 14.9 Å². The molecule has 0 aliphatic carbocycles. The summed E-state index contributed by atoms with van der Waals surface area (Å²) in [4.78, 5) is 0. The lowest BCUT2D eigenvalue weighted by atomic mass is 10.3. The molecule has 1 aromatic heterocycles. The second kappa shape index (κ2) is 2.94. The summed E-state index contributed by atoms with van der Waals surface area (Å²) < 4.78 is 60.9. The molecule has 12 heavy (non-hydrogen) atoms. The van der Waals surface area contributed by atoms with Crippen molar-refractivity contribution < 1.29 is 19.1 Å². The van der Waals surface area contributed by atoms with E-state index in [-0.39, 0.29) is 5.82 Å². The van der Waals surface area contributed by atoms with Crippen molar-refractivity contribution in [2.24, 2.45) is 0 Å². The predicted molar refractivity (Wildman–Crippen MR) is 41.7 cm³/mol. The van der Waals surface area contributed by atoms with E-state index in [1.165, 1.54) is 0 Å². The van der Waals surface area contributed by atoms with Gasteiger partial charge in [0.05, 0.1) is 22.7 Å². The van der Waals surface area contributed by atoms with E-state index in [1.807, 2.05) is 0 Å². The minimum absolute atomic E-state index is 0.327. The van der Waals surface area contributed by atoms with Crippen molar-refractivity contribution in [3.05, 3.63) is 12.1 Å². The topological polar surface area (TPSA) is 70.3 Å². The van der Waals surface area contributed by atoms with Gasteiger partial charge in [-0.3, -0.25) is 0 Å². The number of ether oxygens (including phenoxy) is 2. The second-order valence-electron chi connectivity index (χ2n) is 1.88. The van der Waals surface area contributed by atoms with Crippen molar-refractivity contribution in [1.29, 1.82) is 0 Å². The van der Waals surface area contributed by atoms with E-state index in [0.29, 0.717) is 0 Å². The van der Waals surface area contributed by atoms with E-state index in [0.717, 1.165) is 0 Å². The van der Waals surface area contributed by atoms with Crippen LogP contribution in [0.4, 0.5) is 5.82 Å². The van der Waals surface area contributed by atoms with Crippen LogP contribution < -0.4 is 10.5 Å². The highest BCUT2D eigenvalue weighted by Crippen LogP contribution is 2.12. The summed E-state index contributed by atoms with van der Waals surface area (Å²) in [6.45, 7) is -5.46. The minimum Gasteiger partial charge on any atom is -0.468 e. The molecular formula is C7H9N3O2.